The van der Waals surface area contributed by atoms with Gasteiger partial charge in [-0.2, -0.15) is 0 Å². The minimum atomic E-state index is -0.337. The van der Waals surface area contributed by atoms with E-state index in [1.165, 1.54) is 0 Å². The van der Waals surface area contributed by atoms with Crippen molar-refractivity contribution in [3.05, 3.63) is 20.8 Å². The molecule has 1 aromatic rings. The third kappa shape index (κ3) is 4.06. The lowest BCUT2D eigenvalue weighted by Gasteiger charge is -2.30. The average Bonchev–Trinajstić information content (AvgIpc) is 2.63. The minimum absolute atomic E-state index is 0.00935. The smallest absolute Gasteiger partial charge is 0.231 e. The summed E-state index contributed by atoms with van der Waals surface area (Å²) in [6, 6.07) is 4.05. The Balaban J connectivity index is 2.91. The molecule has 2 unspecified atom stereocenters. The van der Waals surface area contributed by atoms with Crippen molar-refractivity contribution in [1.82, 2.24) is 4.90 Å². The van der Waals surface area contributed by atoms with Crippen molar-refractivity contribution in [2.75, 3.05) is 13.6 Å². The molecule has 1 heterocycles. The summed E-state index contributed by atoms with van der Waals surface area (Å²) < 4.78 is 1.06. The number of carbonyl (C=O) groups excluding carboxylic acids is 1. The lowest BCUT2D eigenvalue weighted by molar-refractivity contribution is -0.119. The standard InChI is InChI=1S/C11H18BrN3OS/c1-3-7(13)11(15(2)6-10(14)16)8-4-5-9(12)17-8/h4-5,7,11H,3,6,13H2,1-2H3,(H2,14,16). The zero-order valence-electron chi connectivity index (χ0n) is 10.0. The summed E-state index contributed by atoms with van der Waals surface area (Å²) >= 11 is 5.08. The van der Waals surface area contributed by atoms with Crippen molar-refractivity contribution in [2.45, 2.75) is 25.4 Å². The summed E-state index contributed by atoms with van der Waals surface area (Å²) in [5, 5.41) is 0. The molecule has 0 aliphatic rings. The quantitative estimate of drug-likeness (QED) is 0.838. The predicted octanol–water partition coefficient (Wildman–Crippen LogP) is 1.71. The van der Waals surface area contributed by atoms with Crippen LogP contribution in [-0.2, 0) is 4.79 Å². The second-order valence-corrected chi connectivity index (χ2v) is 6.53. The van der Waals surface area contributed by atoms with Crippen molar-refractivity contribution in [1.29, 1.82) is 0 Å². The highest BCUT2D eigenvalue weighted by atomic mass is 79.9. The number of nitrogens with two attached hydrogens (primary N) is 2. The molecule has 1 amide bonds. The third-order valence-electron chi connectivity index (χ3n) is 2.64. The van der Waals surface area contributed by atoms with Crippen LogP contribution in [0.4, 0.5) is 0 Å². The lowest BCUT2D eigenvalue weighted by atomic mass is 10.0. The van der Waals surface area contributed by atoms with E-state index in [2.05, 4.69) is 15.9 Å². The SMILES string of the molecule is CCC(N)C(c1ccc(Br)s1)N(C)CC(N)=O. The monoisotopic (exact) mass is 319 g/mol. The van der Waals surface area contributed by atoms with Gasteiger partial charge in [0, 0.05) is 10.9 Å². The molecule has 4 nitrogen and oxygen atoms in total. The summed E-state index contributed by atoms with van der Waals surface area (Å²) in [7, 11) is 1.87. The first-order valence-corrected chi connectivity index (χ1v) is 7.06. The van der Waals surface area contributed by atoms with Gasteiger partial charge >= 0.3 is 0 Å². The fourth-order valence-electron chi connectivity index (χ4n) is 1.81. The zero-order chi connectivity index (χ0) is 13.0. The topological polar surface area (TPSA) is 72.3 Å². The van der Waals surface area contributed by atoms with E-state index in [9.17, 15) is 4.79 Å². The number of rotatable bonds is 6. The van der Waals surface area contributed by atoms with Crippen LogP contribution in [0.1, 0.15) is 24.3 Å². The summed E-state index contributed by atoms with van der Waals surface area (Å²) in [4.78, 5) is 14.1. The molecule has 0 saturated carbocycles. The van der Waals surface area contributed by atoms with Gasteiger partial charge in [-0.3, -0.25) is 9.69 Å². The number of carbonyl (C=O) groups is 1. The maximum absolute atomic E-state index is 11.0. The van der Waals surface area contributed by atoms with Crippen LogP contribution < -0.4 is 11.5 Å². The Hall–Kier alpha value is -0.430. The molecular formula is C11H18BrN3OS. The van der Waals surface area contributed by atoms with Crippen LogP contribution in [0.25, 0.3) is 0 Å². The Kier molecular flexibility index (Phi) is 5.58. The van der Waals surface area contributed by atoms with Gasteiger partial charge in [-0.25, -0.2) is 0 Å². The number of likely N-dealkylation sites (N-methyl/N-ethyl adjacent to an activating group) is 1. The van der Waals surface area contributed by atoms with Gasteiger partial charge in [0.1, 0.15) is 0 Å². The van der Waals surface area contributed by atoms with Crippen molar-refractivity contribution in [2.24, 2.45) is 11.5 Å². The fourth-order valence-corrected chi connectivity index (χ4v) is 3.48. The normalized spacial score (nSPS) is 14.9. The molecule has 2 atom stereocenters. The van der Waals surface area contributed by atoms with Crippen molar-refractivity contribution in [3.63, 3.8) is 0 Å². The van der Waals surface area contributed by atoms with Gasteiger partial charge in [-0.15, -0.1) is 11.3 Å². The van der Waals surface area contributed by atoms with Gasteiger partial charge < -0.3 is 11.5 Å². The van der Waals surface area contributed by atoms with Gasteiger partial charge in [-0.1, -0.05) is 6.92 Å². The molecule has 0 spiro atoms. The van der Waals surface area contributed by atoms with Crippen molar-refractivity contribution in [3.8, 4) is 0 Å². The van der Waals surface area contributed by atoms with Crippen LogP contribution in [0.15, 0.2) is 15.9 Å². The molecule has 0 aliphatic carbocycles. The Labute approximate surface area is 114 Å². The Morgan fingerprint density at radius 3 is 2.65 bits per heavy atom. The van der Waals surface area contributed by atoms with Crippen molar-refractivity contribution >= 4 is 33.2 Å². The van der Waals surface area contributed by atoms with E-state index in [0.29, 0.717) is 0 Å². The van der Waals surface area contributed by atoms with Gasteiger partial charge in [0.25, 0.3) is 0 Å². The molecule has 1 rings (SSSR count). The van der Waals surface area contributed by atoms with E-state index >= 15 is 0 Å². The average molecular weight is 320 g/mol. The highest BCUT2D eigenvalue weighted by Crippen LogP contribution is 2.32. The summed E-state index contributed by atoms with van der Waals surface area (Å²) in [6.07, 6.45) is 0.850. The van der Waals surface area contributed by atoms with E-state index in [0.717, 1.165) is 15.1 Å². The van der Waals surface area contributed by atoms with Crippen LogP contribution >= 0.6 is 27.3 Å². The second-order valence-electron chi connectivity index (χ2n) is 4.04. The van der Waals surface area contributed by atoms with Crippen molar-refractivity contribution < 1.29 is 4.79 Å². The first-order chi connectivity index (χ1) is 7.95. The Morgan fingerprint density at radius 1 is 1.59 bits per heavy atom. The van der Waals surface area contributed by atoms with Crippen LogP contribution in [0.3, 0.4) is 0 Å². The van der Waals surface area contributed by atoms with E-state index in [1.54, 1.807) is 11.3 Å². The summed E-state index contributed by atoms with van der Waals surface area (Å²) in [5.41, 5.74) is 11.4. The molecule has 6 heteroatoms. The molecule has 17 heavy (non-hydrogen) atoms. The molecule has 0 aliphatic heterocycles. The van der Waals surface area contributed by atoms with E-state index in [4.69, 9.17) is 11.5 Å². The number of amides is 1. The summed E-state index contributed by atoms with van der Waals surface area (Å²) in [6.45, 7) is 2.26. The number of hydrogen-bond acceptors (Lipinski definition) is 4. The number of hydrogen-bond donors (Lipinski definition) is 2. The molecule has 96 valence electrons. The summed E-state index contributed by atoms with van der Waals surface area (Å²) in [5.74, 6) is -0.337. The maximum atomic E-state index is 11.0. The molecule has 0 saturated heterocycles. The van der Waals surface area contributed by atoms with E-state index in [-0.39, 0.29) is 24.5 Å². The van der Waals surface area contributed by atoms with Gasteiger partial charge in [0.05, 0.1) is 16.4 Å². The molecule has 1 aromatic heterocycles. The van der Waals surface area contributed by atoms with Gasteiger partial charge in [0.2, 0.25) is 5.91 Å². The largest absolute Gasteiger partial charge is 0.369 e. The van der Waals surface area contributed by atoms with Crippen LogP contribution in [0.2, 0.25) is 0 Å². The minimum Gasteiger partial charge on any atom is -0.369 e. The zero-order valence-corrected chi connectivity index (χ0v) is 12.4. The molecule has 0 aromatic carbocycles. The molecular weight excluding hydrogens is 302 g/mol. The second kappa shape index (κ2) is 6.49. The lowest BCUT2D eigenvalue weighted by Crippen LogP contribution is -2.42. The first kappa shape index (κ1) is 14.6. The number of primary amides is 1. The predicted molar refractivity (Wildman–Crippen MR) is 74.9 cm³/mol. The van der Waals surface area contributed by atoms with Gasteiger partial charge in [0.15, 0.2) is 0 Å². The first-order valence-electron chi connectivity index (χ1n) is 5.45. The molecule has 0 bridgehead atoms. The van der Waals surface area contributed by atoms with Crippen LogP contribution in [-0.4, -0.2) is 30.4 Å². The van der Waals surface area contributed by atoms with Gasteiger partial charge in [-0.05, 0) is 41.5 Å². The Morgan fingerprint density at radius 2 is 2.24 bits per heavy atom. The molecule has 4 N–H and O–H groups in total. The highest BCUT2D eigenvalue weighted by molar-refractivity contribution is 9.11. The highest BCUT2D eigenvalue weighted by Gasteiger charge is 2.25. The van der Waals surface area contributed by atoms with E-state index in [1.807, 2.05) is 31.0 Å². The number of thiophene rings is 1. The molecule has 0 fully saturated rings. The maximum Gasteiger partial charge on any atom is 0.231 e. The third-order valence-corrected chi connectivity index (χ3v) is 4.34. The fraction of sp³-hybridized carbons (Fsp3) is 0.545. The number of nitrogens with zero attached hydrogens (tertiary/aromatic N) is 1. The number of halogens is 1. The van der Waals surface area contributed by atoms with Crippen LogP contribution in [0, 0.1) is 0 Å². The van der Waals surface area contributed by atoms with E-state index < -0.39 is 0 Å². The Bertz CT molecular complexity index is 383. The van der Waals surface area contributed by atoms with Crippen LogP contribution in [0.5, 0.6) is 0 Å². The molecule has 0 radical (unpaired) electrons.